The number of nitrogens with zero attached hydrogens (tertiary/aromatic N) is 4. The maximum Gasteiger partial charge on any atom is 0.166 e. The van der Waals surface area contributed by atoms with Crippen molar-refractivity contribution in [1.82, 2.24) is 19.5 Å². The monoisotopic (exact) mass is 658 g/mol. The predicted octanol–water partition coefficient (Wildman–Crippen LogP) is 12.0. The summed E-state index contributed by atoms with van der Waals surface area (Å²) in [5.41, 5.74) is 7.65. The highest BCUT2D eigenvalue weighted by Gasteiger charge is 2.21. The van der Waals surface area contributed by atoms with E-state index >= 15 is 0 Å². The lowest BCUT2D eigenvalue weighted by atomic mass is 9.99. The van der Waals surface area contributed by atoms with Gasteiger partial charge in [0, 0.05) is 47.6 Å². The molecule has 0 saturated heterocycles. The molecule has 234 valence electrons. The zero-order chi connectivity index (χ0) is 34.8. The highest BCUT2D eigenvalue weighted by atomic mass is 32.1. The fourth-order valence-electron chi connectivity index (χ4n) is 7.03. The first-order valence-electron chi connectivity index (χ1n) is 17.5. The molecule has 7 aromatic carbocycles. The van der Waals surface area contributed by atoms with Crippen LogP contribution >= 0.6 is 11.3 Å². The van der Waals surface area contributed by atoms with Gasteiger partial charge in [-0.25, -0.2) is 15.0 Å². The molecule has 0 spiro atoms. The number of fused-ring (bicyclic) bond motifs is 6. The van der Waals surface area contributed by atoms with Gasteiger partial charge in [0.2, 0.25) is 0 Å². The van der Waals surface area contributed by atoms with E-state index in [9.17, 15) is 0 Å². The van der Waals surface area contributed by atoms with Crippen LogP contribution in [0.25, 0.3) is 93.0 Å². The summed E-state index contributed by atoms with van der Waals surface area (Å²) < 4.78 is 21.7. The van der Waals surface area contributed by atoms with Crippen LogP contribution < -0.4 is 0 Å². The van der Waals surface area contributed by atoms with Crippen molar-refractivity contribution in [2.75, 3.05) is 0 Å². The van der Waals surface area contributed by atoms with Gasteiger partial charge in [0.25, 0.3) is 0 Å². The Morgan fingerprint density at radius 2 is 1.04 bits per heavy atom. The van der Waals surface area contributed by atoms with Crippen molar-refractivity contribution >= 4 is 53.3 Å². The average Bonchev–Trinajstić information content (AvgIpc) is 3.73. The number of aromatic nitrogens is 4. The van der Waals surface area contributed by atoms with Crippen molar-refractivity contribution in [3.8, 4) is 51.0 Å². The van der Waals surface area contributed by atoms with E-state index in [2.05, 4.69) is 65.2 Å². The topological polar surface area (TPSA) is 43.6 Å². The second kappa shape index (κ2) is 11.6. The number of thiophene rings is 1. The molecule has 0 saturated carbocycles. The van der Waals surface area contributed by atoms with Crippen molar-refractivity contribution < 1.29 is 2.74 Å². The van der Waals surface area contributed by atoms with Crippen LogP contribution in [0.1, 0.15) is 2.74 Å². The highest BCUT2D eigenvalue weighted by Crippen LogP contribution is 2.42. The Kier molecular flexibility index (Phi) is 6.16. The zero-order valence-corrected chi connectivity index (χ0v) is 27.5. The molecule has 10 aromatic rings. The molecule has 0 aliphatic heterocycles. The normalized spacial score (nSPS) is 12.2. The number of benzene rings is 7. The third-order valence-electron chi connectivity index (χ3n) is 9.35. The summed E-state index contributed by atoms with van der Waals surface area (Å²) in [5, 5.41) is 4.34. The maximum atomic E-state index is 8.49. The van der Waals surface area contributed by atoms with E-state index in [1.807, 2.05) is 108 Å². The van der Waals surface area contributed by atoms with Gasteiger partial charge in [-0.1, -0.05) is 139 Å². The smallest absolute Gasteiger partial charge is 0.166 e. The van der Waals surface area contributed by atoms with Gasteiger partial charge in [-0.2, -0.15) is 0 Å². The molecule has 4 nitrogen and oxygen atoms in total. The Bertz CT molecular complexity index is 2870. The van der Waals surface area contributed by atoms with E-state index in [0.29, 0.717) is 29.6 Å². The number of para-hydroxylation sites is 2. The van der Waals surface area contributed by atoms with Gasteiger partial charge in [0.15, 0.2) is 17.5 Å². The molecule has 0 unspecified atom stereocenters. The summed E-state index contributed by atoms with van der Waals surface area (Å²) in [4.78, 5) is 15.3. The van der Waals surface area contributed by atoms with Crippen molar-refractivity contribution in [2.45, 2.75) is 0 Å². The van der Waals surface area contributed by atoms with Gasteiger partial charge in [-0.15, -0.1) is 11.3 Å². The molecule has 0 N–H and O–H groups in total. The van der Waals surface area contributed by atoms with E-state index < -0.39 is 0 Å². The van der Waals surface area contributed by atoms with Crippen molar-refractivity contribution in [1.29, 1.82) is 0 Å². The lowest BCUT2D eigenvalue weighted by molar-refractivity contribution is 1.06. The lowest BCUT2D eigenvalue weighted by Crippen LogP contribution is -2.04. The van der Waals surface area contributed by atoms with Crippen LogP contribution in [0.4, 0.5) is 0 Å². The molecule has 0 aliphatic rings. The minimum atomic E-state index is 0.421. The molecular weight excluding hydrogens is 629 g/mol. The third kappa shape index (κ3) is 4.63. The van der Waals surface area contributed by atoms with Gasteiger partial charge in [0.05, 0.1) is 19.5 Å². The first-order chi connectivity index (χ1) is 25.6. The molecule has 0 bridgehead atoms. The summed E-state index contributed by atoms with van der Waals surface area (Å²) in [6.07, 6.45) is 0. The molecule has 0 atom stereocenters. The zero-order valence-electron chi connectivity index (χ0n) is 28.7. The maximum absolute atomic E-state index is 8.49. The molecule has 50 heavy (non-hydrogen) atoms. The van der Waals surface area contributed by atoms with Gasteiger partial charge >= 0.3 is 0 Å². The quantitative estimate of drug-likeness (QED) is 0.185. The lowest BCUT2D eigenvalue weighted by Gasteiger charge is -2.16. The average molecular weight is 659 g/mol. The fourth-order valence-corrected chi connectivity index (χ4v) is 8.27. The van der Waals surface area contributed by atoms with Crippen LogP contribution in [0.2, 0.25) is 0 Å². The summed E-state index contributed by atoms with van der Waals surface area (Å²) in [6, 6.07) is 54.0. The van der Waals surface area contributed by atoms with Crippen molar-refractivity contribution in [2.24, 2.45) is 0 Å². The molecule has 0 fully saturated rings. The van der Waals surface area contributed by atoms with Crippen LogP contribution in [0.5, 0.6) is 0 Å². The van der Waals surface area contributed by atoms with Crippen molar-refractivity contribution in [3.63, 3.8) is 0 Å². The molecule has 10 rings (SSSR count). The summed E-state index contributed by atoms with van der Waals surface area (Å²) in [6.45, 7) is 0. The van der Waals surface area contributed by atoms with Crippen LogP contribution in [0, 0.1) is 0 Å². The van der Waals surface area contributed by atoms with Gasteiger partial charge in [-0.3, -0.25) is 0 Å². The summed E-state index contributed by atoms with van der Waals surface area (Å²) in [7, 11) is 0. The number of hydrogen-bond acceptors (Lipinski definition) is 4. The Morgan fingerprint density at radius 1 is 0.440 bits per heavy atom. The standard InChI is InChI=1S/C45H28N4S/c1-3-14-29(15-4-1)43-46-44(30-16-5-2-6-17-30)48-45(47-43)37-27-26-31(32-21-13-22-36-35-20-9-12-25-41(35)50-42(32)36)28-40(37)49-38-23-10-7-18-33(38)34-19-8-11-24-39(34)49/h1-28H/i7D,8D. The Balaban J connectivity index is 1.30. The molecular formula is C45H28N4S. The number of rotatable bonds is 5. The summed E-state index contributed by atoms with van der Waals surface area (Å²) in [5.74, 6) is 1.74. The van der Waals surface area contributed by atoms with Gasteiger partial charge in [-0.05, 0) is 41.5 Å². The van der Waals surface area contributed by atoms with E-state index in [1.54, 1.807) is 0 Å². The Morgan fingerprint density at radius 3 is 1.72 bits per heavy atom. The second-order valence-corrected chi connectivity index (χ2v) is 13.3. The van der Waals surface area contributed by atoms with Gasteiger partial charge in [0.1, 0.15) is 0 Å². The Labute approximate surface area is 295 Å². The first kappa shape index (κ1) is 26.5. The minimum Gasteiger partial charge on any atom is -0.308 e. The van der Waals surface area contributed by atoms with Crippen molar-refractivity contribution in [3.05, 3.63) is 170 Å². The van der Waals surface area contributed by atoms with Crippen LogP contribution in [-0.4, -0.2) is 19.5 Å². The third-order valence-corrected chi connectivity index (χ3v) is 10.6. The van der Waals surface area contributed by atoms with E-state index in [-0.39, 0.29) is 0 Å². The largest absolute Gasteiger partial charge is 0.308 e. The van der Waals surface area contributed by atoms with E-state index in [0.717, 1.165) is 55.3 Å². The van der Waals surface area contributed by atoms with Gasteiger partial charge < -0.3 is 4.57 Å². The van der Waals surface area contributed by atoms with E-state index in [4.69, 9.17) is 17.7 Å². The first-order valence-corrected chi connectivity index (χ1v) is 17.3. The van der Waals surface area contributed by atoms with Crippen LogP contribution in [-0.2, 0) is 0 Å². The molecule has 0 radical (unpaired) electrons. The van der Waals surface area contributed by atoms with Crippen LogP contribution in [0.3, 0.4) is 0 Å². The highest BCUT2D eigenvalue weighted by molar-refractivity contribution is 7.26. The van der Waals surface area contributed by atoms with Crippen LogP contribution in [0.15, 0.2) is 170 Å². The summed E-state index contributed by atoms with van der Waals surface area (Å²) >= 11 is 1.81. The molecule has 3 heterocycles. The molecule has 3 aromatic heterocycles. The second-order valence-electron chi connectivity index (χ2n) is 12.3. The molecule has 0 aliphatic carbocycles. The SMILES string of the molecule is [2H]c1ccc2c(c1)c1cc([2H])ccc1n2-c1cc(-c2cccc3c2sc2ccccc23)ccc1-c1nc(-c2ccccc2)nc(-c2ccccc2)n1. The van der Waals surface area contributed by atoms with E-state index in [1.165, 1.54) is 20.2 Å². The molecule has 0 amide bonds. The predicted molar refractivity (Wildman–Crippen MR) is 209 cm³/mol. The Hall–Kier alpha value is -6.43. The molecule has 5 heteroatoms. The number of hydrogen-bond donors (Lipinski definition) is 0. The minimum absolute atomic E-state index is 0.421. The fraction of sp³-hybridized carbons (Fsp3) is 0.